The number of fused-ring (bicyclic) bond motifs is 1. The quantitative estimate of drug-likeness (QED) is 0.258. The maximum absolute atomic E-state index is 15.5. The Hall–Kier alpha value is -5.24. The van der Waals surface area contributed by atoms with Crippen LogP contribution in [0.15, 0.2) is 79.4 Å². The van der Waals surface area contributed by atoms with Crippen molar-refractivity contribution < 1.29 is 31.5 Å². The normalized spacial score (nSPS) is 13.9. The number of amides is 2. The van der Waals surface area contributed by atoms with E-state index in [0.29, 0.717) is 22.2 Å². The van der Waals surface area contributed by atoms with Crippen LogP contribution in [0.2, 0.25) is 0 Å². The molecule has 0 saturated heterocycles. The van der Waals surface area contributed by atoms with Crippen molar-refractivity contribution in [1.29, 1.82) is 0 Å². The average molecular weight is 605 g/mol. The maximum atomic E-state index is 15.5. The first-order valence-corrected chi connectivity index (χ1v) is 14.7. The van der Waals surface area contributed by atoms with Crippen molar-refractivity contribution in [2.45, 2.75) is 12.8 Å². The van der Waals surface area contributed by atoms with Gasteiger partial charge in [0.1, 0.15) is 17.0 Å². The van der Waals surface area contributed by atoms with E-state index in [0.717, 1.165) is 33.4 Å². The summed E-state index contributed by atoms with van der Waals surface area (Å²) in [5.41, 5.74) is 5.74. The van der Waals surface area contributed by atoms with Crippen molar-refractivity contribution in [3.05, 3.63) is 91.0 Å². The monoisotopic (exact) mass is 604 g/mol. The van der Waals surface area contributed by atoms with Gasteiger partial charge >= 0.3 is 0 Å². The minimum atomic E-state index is -3.57. The number of nitrogens with two attached hydrogens (primary N) is 1. The molecule has 0 radical (unpaired) electrons. The Morgan fingerprint density at radius 2 is 1.70 bits per heavy atom. The van der Waals surface area contributed by atoms with Crippen molar-refractivity contribution in [2.75, 3.05) is 11.2 Å². The minimum Gasteiger partial charge on any atom is -0.453 e. The highest BCUT2D eigenvalue weighted by Crippen LogP contribution is 2.49. The van der Waals surface area contributed by atoms with Crippen LogP contribution in [0.1, 0.15) is 12.8 Å². The number of ether oxygens (including phenoxy) is 1. The zero-order valence-electron chi connectivity index (χ0n) is 22.4. The van der Waals surface area contributed by atoms with E-state index in [1.807, 2.05) is 0 Å². The summed E-state index contributed by atoms with van der Waals surface area (Å²) in [6.45, 7) is 0. The zero-order chi connectivity index (χ0) is 30.5. The Kier molecular flexibility index (Phi) is 6.64. The molecular formula is C29H22F2N6O5S. The molecule has 1 aliphatic carbocycles. The Bertz CT molecular complexity index is 2030. The second-order valence-electron chi connectivity index (χ2n) is 10.0. The largest absolute Gasteiger partial charge is 0.453 e. The van der Waals surface area contributed by atoms with Crippen LogP contribution in [-0.4, -0.2) is 45.6 Å². The average Bonchev–Trinajstić information content (AvgIpc) is 3.64. The Morgan fingerprint density at radius 3 is 2.33 bits per heavy atom. The Morgan fingerprint density at radius 1 is 0.977 bits per heavy atom. The van der Waals surface area contributed by atoms with Crippen LogP contribution in [0.5, 0.6) is 11.5 Å². The van der Waals surface area contributed by atoms with Gasteiger partial charge in [-0.15, -0.1) is 0 Å². The summed E-state index contributed by atoms with van der Waals surface area (Å²) in [4.78, 5) is 35.4. The van der Waals surface area contributed by atoms with Gasteiger partial charge in [-0.1, -0.05) is 0 Å². The van der Waals surface area contributed by atoms with Crippen LogP contribution in [0.25, 0.3) is 22.2 Å². The number of anilines is 2. The Labute approximate surface area is 243 Å². The fourth-order valence-electron chi connectivity index (χ4n) is 4.59. The first-order valence-electron chi connectivity index (χ1n) is 12.8. The van der Waals surface area contributed by atoms with E-state index in [1.54, 1.807) is 6.07 Å². The molecule has 5 aromatic rings. The molecule has 2 N–H and O–H groups in total. The van der Waals surface area contributed by atoms with E-state index < -0.39 is 38.9 Å². The number of carbonyl (C=O) groups excluding carboxylic acids is 2. The third-order valence-corrected chi connectivity index (χ3v) is 7.97. The smallest absolute Gasteiger partial charge is 0.250 e. The van der Waals surface area contributed by atoms with Gasteiger partial charge in [-0.25, -0.2) is 17.2 Å². The lowest BCUT2D eigenvalue weighted by Gasteiger charge is -2.26. The third kappa shape index (κ3) is 5.16. The van der Waals surface area contributed by atoms with Crippen molar-refractivity contribution in [3.8, 4) is 22.8 Å². The van der Waals surface area contributed by atoms with Crippen LogP contribution >= 0.6 is 0 Å². The van der Waals surface area contributed by atoms with Crippen LogP contribution in [0.4, 0.5) is 20.2 Å². The number of carbonyl (C=O) groups is 2. The van der Waals surface area contributed by atoms with E-state index in [2.05, 4.69) is 15.1 Å². The second kappa shape index (κ2) is 10.2. The third-order valence-electron chi connectivity index (χ3n) is 7.10. The van der Waals surface area contributed by atoms with Gasteiger partial charge in [0.15, 0.2) is 11.6 Å². The van der Waals surface area contributed by atoms with E-state index in [-0.39, 0.29) is 35.7 Å². The molecule has 14 heteroatoms. The van der Waals surface area contributed by atoms with Gasteiger partial charge in [0.05, 0.1) is 40.9 Å². The molecule has 3 aromatic heterocycles. The topological polar surface area (TPSA) is 150 Å². The zero-order valence-corrected chi connectivity index (χ0v) is 23.3. The first kappa shape index (κ1) is 27.9. The lowest BCUT2D eigenvalue weighted by Crippen LogP contribution is -2.41. The van der Waals surface area contributed by atoms with Crippen LogP contribution in [0.3, 0.4) is 0 Å². The van der Waals surface area contributed by atoms with Crippen molar-refractivity contribution in [3.63, 3.8) is 0 Å². The van der Waals surface area contributed by atoms with Crippen LogP contribution in [0, 0.1) is 17.0 Å². The molecule has 0 aliphatic heterocycles. The number of hydrogen-bond acceptors (Lipinski definition) is 8. The number of pyridine rings is 2. The molecule has 2 amide bonds. The molecule has 11 nitrogen and oxygen atoms in total. The molecule has 1 saturated carbocycles. The van der Waals surface area contributed by atoms with Gasteiger partial charge < -0.3 is 10.5 Å². The molecular weight excluding hydrogens is 582 g/mol. The van der Waals surface area contributed by atoms with E-state index in [4.69, 9.17) is 10.5 Å². The summed E-state index contributed by atoms with van der Waals surface area (Å²) in [6.07, 6.45) is 7.15. The predicted octanol–water partition coefficient (Wildman–Crippen LogP) is 4.30. The molecule has 0 spiro atoms. The molecule has 6 rings (SSSR count). The number of rotatable bonds is 8. The highest BCUT2D eigenvalue weighted by atomic mass is 32.2. The first-order chi connectivity index (χ1) is 20.5. The molecule has 1 fully saturated rings. The molecule has 218 valence electrons. The number of halogens is 2. The fraction of sp³-hybridized carbons (Fsp3) is 0.138. The number of benzene rings is 2. The number of nitrogens with zero attached hydrogens (tertiary/aromatic N) is 5. The SMILES string of the molecule is CS(=O)(=O)n1cc(-c2cc3nccc(Oc4ccc(N(C(=O)C5(C(N)=O)CC5)c5ccc(F)cc5)cc4F)c3cn2)cn1. The standard InChI is InChI=1S/C29H22F2N6O5S/c1-43(40,41)36-16-17(14-35-36)23-13-24-21(15-34-23)25(8-11-33-24)42-26-7-6-20(12-22(26)31)37(19-4-2-18(30)3-5-19)28(39)29(9-10-29)27(32)38/h2-8,11-16H,9-10H2,1H3,(H2,32,38). The summed E-state index contributed by atoms with van der Waals surface area (Å²) in [6, 6.07) is 12.0. The highest BCUT2D eigenvalue weighted by molar-refractivity contribution is 7.89. The summed E-state index contributed by atoms with van der Waals surface area (Å²) in [7, 11) is -3.57. The molecule has 0 unspecified atom stereocenters. The van der Waals surface area contributed by atoms with E-state index in [9.17, 15) is 22.4 Å². The number of primary amides is 1. The summed E-state index contributed by atoms with van der Waals surface area (Å²) in [5, 5.41) is 4.29. The predicted molar refractivity (Wildman–Crippen MR) is 152 cm³/mol. The van der Waals surface area contributed by atoms with E-state index >= 15 is 4.39 Å². The van der Waals surface area contributed by atoms with Gasteiger partial charge in [0.25, 0.3) is 10.0 Å². The lowest BCUT2D eigenvalue weighted by molar-refractivity contribution is -0.133. The molecule has 43 heavy (non-hydrogen) atoms. The number of aromatic nitrogens is 4. The van der Waals surface area contributed by atoms with Crippen molar-refractivity contribution in [1.82, 2.24) is 19.2 Å². The number of hydrogen-bond donors (Lipinski definition) is 1. The van der Waals surface area contributed by atoms with Crippen LogP contribution < -0.4 is 15.4 Å². The molecule has 0 atom stereocenters. The fourth-order valence-corrected chi connectivity index (χ4v) is 5.11. The summed E-state index contributed by atoms with van der Waals surface area (Å²) >= 11 is 0. The van der Waals surface area contributed by atoms with Gasteiger partial charge in [-0.3, -0.25) is 24.5 Å². The summed E-state index contributed by atoms with van der Waals surface area (Å²) in [5.74, 6) is -2.70. The lowest BCUT2D eigenvalue weighted by atomic mass is 10.0. The van der Waals surface area contributed by atoms with Gasteiger partial charge in [0, 0.05) is 29.7 Å². The summed E-state index contributed by atoms with van der Waals surface area (Å²) < 4.78 is 59.3. The van der Waals surface area contributed by atoms with Gasteiger partial charge in [0.2, 0.25) is 11.8 Å². The maximum Gasteiger partial charge on any atom is 0.250 e. The Balaban J connectivity index is 1.32. The van der Waals surface area contributed by atoms with Crippen molar-refractivity contribution >= 4 is 44.1 Å². The molecule has 0 bridgehead atoms. The highest BCUT2D eigenvalue weighted by Gasteiger charge is 2.57. The molecule has 2 aromatic carbocycles. The second-order valence-corrected chi connectivity index (χ2v) is 11.9. The van der Waals surface area contributed by atoms with Gasteiger partial charge in [-0.05, 0) is 61.4 Å². The van der Waals surface area contributed by atoms with Crippen LogP contribution in [-0.2, 0) is 19.6 Å². The van der Waals surface area contributed by atoms with Gasteiger partial charge in [-0.2, -0.15) is 9.19 Å². The van der Waals surface area contributed by atoms with Crippen molar-refractivity contribution in [2.24, 2.45) is 11.1 Å². The minimum absolute atomic E-state index is 0.0921. The molecule has 1 aliphatic rings. The molecule has 3 heterocycles. The van der Waals surface area contributed by atoms with E-state index in [1.165, 1.54) is 55.1 Å².